The van der Waals surface area contributed by atoms with Gasteiger partial charge in [0.1, 0.15) is 5.75 Å². The molecule has 2 aromatic rings. The summed E-state index contributed by atoms with van der Waals surface area (Å²) in [5.74, 6) is -1.13. The van der Waals surface area contributed by atoms with E-state index in [1.807, 2.05) is 6.07 Å². The topological polar surface area (TPSA) is 76.2 Å². The van der Waals surface area contributed by atoms with Gasteiger partial charge in [-0.15, -0.1) is 0 Å². The van der Waals surface area contributed by atoms with E-state index in [-0.39, 0.29) is 5.75 Å². The van der Waals surface area contributed by atoms with Crippen LogP contribution in [0.25, 0.3) is 0 Å². The number of hydrogen-bond donors (Lipinski definition) is 0. The van der Waals surface area contributed by atoms with E-state index in [9.17, 15) is 14.5 Å². The van der Waals surface area contributed by atoms with Crippen LogP contribution in [0.2, 0.25) is 0 Å². The van der Waals surface area contributed by atoms with Gasteiger partial charge in [0.2, 0.25) is 5.75 Å². The minimum atomic E-state index is -0.838. The van der Waals surface area contributed by atoms with Crippen LogP contribution < -0.4 is 4.74 Å². The lowest BCUT2D eigenvalue weighted by molar-refractivity contribution is -0.385. The molecule has 0 N–H and O–H groups in total. The van der Waals surface area contributed by atoms with Gasteiger partial charge < -0.3 is 4.74 Å². The quantitative estimate of drug-likeness (QED) is 0.622. The maximum Gasteiger partial charge on any atom is 0.314 e. The van der Waals surface area contributed by atoms with E-state index in [1.54, 1.807) is 0 Å². The van der Waals surface area contributed by atoms with Crippen LogP contribution >= 0.6 is 15.9 Å². The summed E-state index contributed by atoms with van der Waals surface area (Å²) in [6, 6.07) is 9.75. The second-order valence-corrected chi connectivity index (χ2v) is 4.56. The highest BCUT2D eigenvalue weighted by atomic mass is 79.9. The Labute approximate surface area is 121 Å². The Morgan fingerprint density at radius 3 is 2.70 bits per heavy atom. The van der Waals surface area contributed by atoms with Crippen LogP contribution in [0.3, 0.4) is 0 Å². The van der Waals surface area contributed by atoms with Gasteiger partial charge >= 0.3 is 5.69 Å². The summed E-state index contributed by atoms with van der Waals surface area (Å²) >= 11 is 3.16. The second kappa shape index (κ2) is 5.67. The van der Waals surface area contributed by atoms with Crippen molar-refractivity contribution in [3.8, 4) is 17.6 Å². The van der Waals surface area contributed by atoms with Gasteiger partial charge in [0.15, 0.2) is 5.82 Å². The summed E-state index contributed by atoms with van der Waals surface area (Å²) < 4.78 is 19.3. The molecule has 20 heavy (non-hydrogen) atoms. The third-order valence-electron chi connectivity index (χ3n) is 2.42. The fourth-order valence-electron chi connectivity index (χ4n) is 1.51. The average molecular weight is 337 g/mol. The van der Waals surface area contributed by atoms with Crippen LogP contribution in [0.15, 0.2) is 40.9 Å². The summed E-state index contributed by atoms with van der Waals surface area (Å²) in [4.78, 5) is 10.1. The molecule has 0 atom stereocenters. The summed E-state index contributed by atoms with van der Waals surface area (Å²) in [5.41, 5.74) is -0.0893. The van der Waals surface area contributed by atoms with Crippen molar-refractivity contribution in [2.75, 3.05) is 0 Å². The van der Waals surface area contributed by atoms with Crippen LogP contribution in [-0.2, 0) is 0 Å². The number of para-hydroxylation sites is 1. The summed E-state index contributed by atoms with van der Waals surface area (Å²) in [6.07, 6.45) is 0. The smallest absolute Gasteiger partial charge is 0.314 e. The summed E-state index contributed by atoms with van der Waals surface area (Å²) in [6.45, 7) is 0. The number of ether oxygens (including phenoxy) is 1. The first-order chi connectivity index (χ1) is 9.52. The van der Waals surface area contributed by atoms with Gasteiger partial charge in [0, 0.05) is 6.07 Å². The van der Waals surface area contributed by atoms with Crippen molar-refractivity contribution in [1.82, 2.24) is 0 Å². The van der Waals surface area contributed by atoms with Crippen molar-refractivity contribution in [3.63, 3.8) is 0 Å². The predicted octanol–water partition coefficient (Wildman–Crippen LogP) is 4.16. The summed E-state index contributed by atoms with van der Waals surface area (Å²) in [5, 5.41) is 19.6. The Kier molecular flexibility index (Phi) is 3.96. The van der Waals surface area contributed by atoms with Gasteiger partial charge in [-0.3, -0.25) is 10.1 Å². The lowest BCUT2D eigenvalue weighted by atomic mass is 10.2. The monoisotopic (exact) mass is 336 g/mol. The lowest BCUT2D eigenvalue weighted by Gasteiger charge is -2.09. The minimum Gasteiger partial charge on any atom is -0.446 e. The van der Waals surface area contributed by atoms with Gasteiger partial charge in [0.25, 0.3) is 0 Å². The number of nitro groups is 1. The first-order valence-electron chi connectivity index (χ1n) is 5.33. The number of nitrogens with zero attached hydrogens (tertiary/aromatic N) is 2. The highest BCUT2D eigenvalue weighted by molar-refractivity contribution is 9.10. The molecule has 2 aromatic carbocycles. The molecule has 0 radical (unpaired) electrons. The molecule has 0 saturated carbocycles. The van der Waals surface area contributed by atoms with Crippen molar-refractivity contribution < 1.29 is 14.1 Å². The zero-order valence-electron chi connectivity index (χ0n) is 9.84. The van der Waals surface area contributed by atoms with Crippen LogP contribution in [-0.4, -0.2) is 4.92 Å². The molecule has 0 saturated heterocycles. The Bertz CT molecular complexity index is 728. The van der Waals surface area contributed by atoms with Gasteiger partial charge in [-0.2, -0.15) is 5.26 Å². The Morgan fingerprint density at radius 2 is 2.10 bits per heavy atom. The van der Waals surface area contributed by atoms with E-state index in [1.165, 1.54) is 24.3 Å². The molecule has 2 rings (SSSR count). The van der Waals surface area contributed by atoms with Crippen LogP contribution in [0.4, 0.5) is 10.1 Å². The van der Waals surface area contributed by atoms with Crippen molar-refractivity contribution in [2.45, 2.75) is 0 Å². The number of nitro benzene ring substituents is 1. The van der Waals surface area contributed by atoms with Crippen LogP contribution in [0, 0.1) is 27.3 Å². The average Bonchev–Trinajstić information content (AvgIpc) is 2.42. The maximum atomic E-state index is 13.7. The van der Waals surface area contributed by atoms with Gasteiger partial charge in [-0.25, -0.2) is 4.39 Å². The third-order valence-corrected chi connectivity index (χ3v) is 3.04. The molecule has 100 valence electrons. The molecule has 0 fully saturated rings. The van der Waals surface area contributed by atoms with Crippen molar-refractivity contribution in [1.29, 1.82) is 5.26 Å². The van der Waals surface area contributed by atoms with E-state index in [0.29, 0.717) is 10.0 Å². The molecule has 0 aliphatic rings. The van der Waals surface area contributed by atoms with E-state index >= 15 is 0 Å². The highest BCUT2D eigenvalue weighted by Crippen LogP contribution is 2.37. The Morgan fingerprint density at radius 1 is 1.35 bits per heavy atom. The van der Waals surface area contributed by atoms with E-state index in [0.717, 1.165) is 12.1 Å². The van der Waals surface area contributed by atoms with E-state index in [4.69, 9.17) is 10.00 Å². The molecule has 0 unspecified atom stereocenters. The first kappa shape index (κ1) is 14.0. The Hall–Kier alpha value is -2.46. The molecular weight excluding hydrogens is 331 g/mol. The normalized spacial score (nSPS) is 9.85. The molecular formula is C13H6BrFN2O3. The standard InChI is InChI=1S/C13H6BrFN2O3/c14-9-6-8(7-16)4-5-12(9)20-13-10(15)2-1-3-11(13)17(18)19/h1-6H. The molecule has 0 aliphatic carbocycles. The molecule has 0 heterocycles. The molecule has 0 aliphatic heterocycles. The molecule has 7 heteroatoms. The maximum absolute atomic E-state index is 13.7. The molecule has 5 nitrogen and oxygen atoms in total. The fraction of sp³-hybridized carbons (Fsp3) is 0. The second-order valence-electron chi connectivity index (χ2n) is 3.70. The zero-order valence-corrected chi connectivity index (χ0v) is 11.4. The zero-order chi connectivity index (χ0) is 14.7. The largest absolute Gasteiger partial charge is 0.446 e. The number of benzene rings is 2. The molecule has 0 amide bonds. The van der Waals surface area contributed by atoms with Crippen LogP contribution in [0.5, 0.6) is 11.5 Å². The number of hydrogen-bond acceptors (Lipinski definition) is 4. The predicted molar refractivity (Wildman–Crippen MR) is 72.0 cm³/mol. The van der Waals surface area contributed by atoms with Gasteiger partial charge in [0.05, 0.1) is 21.0 Å². The first-order valence-corrected chi connectivity index (χ1v) is 6.12. The van der Waals surface area contributed by atoms with Crippen LogP contribution in [0.1, 0.15) is 5.56 Å². The van der Waals surface area contributed by atoms with Crippen molar-refractivity contribution in [2.24, 2.45) is 0 Å². The molecule has 0 bridgehead atoms. The summed E-state index contributed by atoms with van der Waals surface area (Å²) in [7, 11) is 0. The van der Waals surface area contributed by atoms with Gasteiger partial charge in [-0.1, -0.05) is 6.07 Å². The SMILES string of the molecule is N#Cc1ccc(Oc2c(F)cccc2[N+](=O)[O-])c(Br)c1. The van der Waals surface area contributed by atoms with E-state index < -0.39 is 22.2 Å². The fourth-order valence-corrected chi connectivity index (χ4v) is 1.97. The highest BCUT2D eigenvalue weighted by Gasteiger charge is 2.21. The van der Waals surface area contributed by atoms with Crippen molar-refractivity contribution >= 4 is 21.6 Å². The lowest BCUT2D eigenvalue weighted by Crippen LogP contribution is -1.96. The number of rotatable bonds is 3. The van der Waals surface area contributed by atoms with E-state index in [2.05, 4.69) is 15.9 Å². The number of nitriles is 1. The van der Waals surface area contributed by atoms with Crippen molar-refractivity contribution in [3.05, 3.63) is 62.4 Å². The third kappa shape index (κ3) is 2.75. The van der Waals surface area contributed by atoms with Gasteiger partial charge in [-0.05, 0) is 40.2 Å². The Balaban J connectivity index is 2.45. The molecule has 0 aromatic heterocycles. The molecule has 0 spiro atoms. The minimum absolute atomic E-state index is 0.178. The number of halogens is 2.